The quantitative estimate of drug-likeness (QED) is 0.576. The standard InChI is InChI=1S/C2H3O2.Tb/c1-2(3)4;/h1H2,(H,3,4);/q-1;. The van der Waals surface area contributed by atoms with Crippen molar-refractivity contribution in [3.05, 3.63) is 6.92 Å². The molecule has 0 aromatic rings. The summed E-state index contributed by atoms with van der Waals surface area (Å²) in [4.78, 5) is 8.89. The first-order chi connectivity index (χ1) is 1.73. The van der Waals surface area contributed by atoms with Crippen LogP contribution in [0.25, 0.3) is 0 Å². The van der Waals surface area contributed by atoms with Crippen LogP contribution in [0.3, 0.4) is 0 Å². The van der Waals surface area contributed by atoms with Gasteiger partial charge >= 0.3 is 0 Å². The molecule has 1 radical (unpaired) electrons. The van der Waals surface area contributed by atoms with Crippen LogP contribution in [0.15, 0.2) is 0 Å². The maximum atomic E-state index is 8.89. The Hall–Kier alpha value is 0.626. The molecule has 0 saturated carbocycles. The van der Waals surface area contributed by atoms with Crippen LogP contribution in [-0.4, -0.2) is 11.1 Å². The zero-order valence-corrected chi connectivity index (χ0v) is 4.53. The van der Waals surface area contributed by atoms with Gasteiger partial charge in [0.1, 0.15) is 0 Å². The molecule has 0 amide bonds. The topological polar surface area (TPSA) is 37.3 Å². The summed E-state index contributed by atoms with van der Waals surface area (Å²) in [6.45, 7) is 2.56. The van der Waals surface area contributed by atoms with Gasteiger partial charge in [0.25, 0.3) is 0 Å². The average molecular weight is 218 g/mol. The van der Waals surface area contributed by atoms with Crippen LogP contribution in [0, 0.1) is 45.5 Å². The first kappa shape index (κ1) is 9.16. The summed E-state index contributed by atoms with van der Waals surface area (Å²) in [6.07, 6.45) is 0. The molecule has 0 aliphatic rings. The smallest absolute Gasteiger partial charge is 0.161 e. The molecule has 0 rings (SSSR count). The summed E-state index contributed by atoms with van der Waals surface area (Å²) < 4.78 is 0. The van der Waals surface area contributed by atoms with Crippen molar-refractivity contribution in [1.82, 2.24) is 0 Å². The van der Waals surface area contributed by atoms with E-state index in [-0.39, 0.29) is 38.6 Å². The van der Waals surface area contributed by atoms with Crippen molar-refractivity contribution in [1.29, 1.82) is 0 Å². The molecule has 2 nitrogen and oxygen atoms in total. The molecule has 0 aliphatic heterocycles. The third-order valence-electron chi connectivity index (χ3n) is 0. The van der Waals surface area contributed by atoms with Gasteiger partial charge in [-0.25, -0.2) is 0 Å². The number of carboxylic acid groups (broad SMARTS) is 1. The fourth-order valence-electron chi connectivity index (χ4n) is 0. The Morgan fingerprint density at radius 3 is 1.80 bits per heavy atom. The van der Waals surface area contributed by atoms with E-state index in [1.165, 1.54) is 0 Å². The third kappa shape index (κ3) is 81.5. The van der Waals surface area contributed by atoms with Gasteiger partial charge in [-0.05, 0) is 0 Å². The number of hydrogen-bond acceptors (Lipinski definition) is 1. The van der Waals surface area contributed by atoms with E-state index in [1.54, 1.807) is 0 Å². The maximum Gasteiger partial charge on any atom is 0.161 e. The Morgan fingerprint density at radius 2 is 1.80 bits per heavy atom. The van der Waals surface area contributed by atoms with Crippen LogP contribution in [0.4, 0.5) is 0 Å². The third-order valence-corrected chi connectivity index (χ3v) is 0. The van der Waals surface area contributed by atoms with Gasteiger partial charge in [-0.3, -0.25) is 11.7 Å². The van der Waals surface area contributed by atoms with E-state index in [2.05, 4.69) is 6.92 Å². The monoisotopic (exact) mass is 218 g/mol. The predicted molar refractivity (Wildman–Crippen MR) is 13.0 cm³/mol. The summed E-state index contributed by atoms with van der Waals surface area (Å²) in [6, 6.07) is 0. The van der Waals surface area contributed by atoms with Crippen LogP contribution in [-0.2, 0) is 4.79 Å². The molecule has 0 aliphatic carbocycles. The molecule has 0 bridgehead atoms. The Kier molecular flexibility index (Phi) is 8.47. The summed E-state index contributed by atoms with van der Waals surface area (Å²) in [5, 5.41) is 7.31. The molecule has 0 unspecified atom stereocenters. The molecule has 0 aromatic heterocycles. The van der Waals surface area contributed by atoms with E-state index in [0.29, 0.717) is 0 Å². The summed E-state index contributed by atoms with van der Waals surface area (Å²) in [7, 11) is 0. The Balaban J connectivity index is 0. The SMILES string of the molecule is [CH2-]C(=O)O.[Tb]. The molecule has 0 saturated heterocycles. The van der Waals surface area contributed by atoms with Gasteiger partial charge in [-0.15, -0.1) is 0 Å². The first-order valence-electron chi connectivity index (χ1n) is 0.781. The molecule has 0 fully saturated rings. The summed E-state index contributed by atoms with van der Waals surface area (Å²) in [5.74, 6) is -1.08. The van der Waals surface area contributed by atoms with E-state index < -0.39 is 5.97 Å². The van der Waals surface area contributed by atoms with Crippen LogP contribution < -0.4 is 0 Å². The van der Waals surface area contributed by atoms with Gasteiger partial charge in [0, 0.05) is 38.6 Å². The summed E-state index contributed by atoms with van der Waals surface area (Å²) >= 11 is 0. The van der Waals surface area contributed by atoms with Crippen molar-refractivity contribution in [3.8, 4) is 0 Å². The average Bonchev–Trinajstić information content (AvgIpc) is 0.811. The zero-order chi connectivity index (χ0) is 3.58. The minimum absolute atomic E-state index is 0. The largest absolute Gasteiger partial charge is 0.503 e. The molecule has 33 valence electrons. The van der Waals surface area contributed by atoms with E-state index in [0.717, 1.165) is 0 Å². The van der Waals surface area contributed by atoms with Crippen LogP contribution >= 0.6 is 0 Å². The molecule has 0 heterocycles. The van der Waals surface area contributed by atoms with Gasteiger partial charge in [-0.2, -0.15) is 0 Å². The number of rotatable bonds is 0. The maximum absolute atomic E-state index is 8.89. The van der Waals surface area contributed by atoms with Gasteiger partial charge in [0.2, 0.25) is 0 Å². The van der Waals surface area contributed by atoms with Crippen molar-refractivity contribution in [3.63, 3.8) is 0 Å². The zero-order valence-electron chi connectivity index (χ0n) is 2.40. The van der Waals surface area contributed by atoms with Crippen LogP contribution in [0.2, 0.25) is 0 Å². The second-order valence-corrected chi connectivity index (χ2v) is 0.394. The first-order valence-corrected chi connectivity index (χ1v) is 0.781. The normalized spacial score (nSPS) is 4.80. The molecule has 3 heteroatoms. The fraction of sp³-hybridized carbons (Fsp3) is 0. The van der Waals surface area contributed by atoms with Crippen LogP contribution in [0.1, 0.15) is 0 Å². The predicted octanol–water partition coefficient (Wildman–Crippen LogP) is -0.0949. The second kappa shape index (κ2) is 4.63. The van der Waals surface area contributed by atoms with Gasteiger partial charge < -0.3 is 5.11 Å². The van der Waals surface area contributed by atoms with Crippen molar-refractivity contribution in [2.24, 2.45) is 0 Å². The number of carboxylic acids is 1. The summed E-state index contributed by atoms with van der Waals surface area (Å²) in [5.41, 5.74) is 0. The van der Waals surface area contributed by atoms with E-state index in [9.17, 15) is 0 Å². The molecular weight excluding hydrogens is 215 g/mol. The van der Waals surface area contributed by atoms with Gasteiger partial charge in [0.05, 0.1) is 0 Å². The van der Waals surface area contributed by atoms with Crippen molar-refractivity contribution in [2.45, 2.75) is 0 Å². The van der Waals surface area contributed by atoms with Crippen molar-refractivity contribution in [2.75, 3.05) is 0 Å². The molecule has 0 atom stereocenters. The van der Waals surface area contributed by atoms with Crippen molar-refractivity contribution < 1.29 is 48.5 Å². The number of hydrogen-bond donors (Lipinski definition) is 1. The van der Waals surface area contributed by atoms with Gasteiger partial charge in [-0.1, -0.05) is 0 Å². The minimum atomic E-state index is -1.08. The van der Waals surface area contributed by atoms with Crippen LogP contribution in [0.5, 0.6) is 0 Å². The molecule has 1 N–H and O–H groups in total. The number of carbonyl (C=O) groups is 1. The molecule has 5 heavy (non-hydrogen) atoms. The molecule has 0 aromatic carbocycles. The van der Waals surface area contributed by atoms with Gasteiger partial charge in [0.15, 0.2) is 5.97 Å². The van der Waals surface area contributed by atoms with Crippen molar-refractivity contribution >= 4 is 5.97 Å². The van der Waals surface area contributed by atoms with E-state index in [4.69, 9.17) is 9.90 Å². The Morgan fingerprint density at radius 1 is 1.80 bits per heavy atom. The molecular formula is C2H3O2Tb-. The molecule has 0 spiro atoms. The van der Waals surface area contributed by atoms with E-state index >= 15 is 0 Å². The fourth-order valence-corrected chi connectivity index (χ4v) is 0. The second-order valence-electron chi connectivity index (χ2n) is 0.394. The number of aliphatic carboxylic acids is 1. The Labute approximate surface area is 61.0 Å². The van der Waals surface area contributed by atoms with E-state index in [1.807, 2.05) is 0 Å². The Bertz CT molecular complexity index is 30.6. The minimum Gasteiger partial charge on any atom is -0.503 e.